The molecule has 1 aromatic heterocycles. The van der Waals surface area contributed by atoms with Crippen LogP contribution in [0.2, 0.25) is 10.1 Å². The molecule has 4 nitrogen and oxygen atoms in total. The normalized spacial score (nSPS) is 18.3. The molecule has 0 bridgehead atoms. The molecule has 0 aliphatic heterocycles. The summed E-state index contributed by atoms with van der Waals surface area (Å²) in [5.74, 6) is -0.420. The molecule has 5 atom stereocenters. The van der Waals surface area contributed by atoms with Crippen molar-refractivity contribution in [3.05, 3.63) is 181 Å². The number of benzene rings is 5. The first-order valence-electron chi connectivity index (χ1n) is 23.3. The average molecular weight is 923 g/mol. The number of ether oxygens (including phenoxy) is 1. The highest BCUT2D eigenvalue weighted by molar-refractivity contribution is 7.19. The fourth-order valence-corrected chi connectivity index (χ4v) is 21.0. The molecule has 0 amide bonds. The van der Waals surface area contributed by atoms with Gasteiger partial charge in [0.05, 0.1) is 13.2 Å². The zero-order chi connectivity index (χ0) is 46.2. The topological polar surface area (TPSA) is 44.8 Å². The fraction of sp³-hybridized carbons (Fsp3) is 0.351. The molecule has 0 saturated heterocycles. The maximum absolute atomic E-state index is 18.8. The van der Waals surface area contributed by atoms with Gasteiger partial charge in [-0.2, -0.15) is 0 Å². The van der Waals surface area contributed by atoms with Gasteiger partial charge in [-0.05, 0) is 92.3 Å². The van der Waals surface area contributed by atoms with E-state index in [9.17, 15) is 4.79 Å². The number of esters is 1. The number of allylic oxidation sites excluding steroid dienone is 2. The number of hydrogen-bond acceptors (Lipinski definition) is 5. The van der Waals surface area contributed by atoms with E-state index in [1.165, 1.54) is 17.5 Å². The molecule has 0 N–H and O–H groups in total. The summed E-state index contributed by atoms with van der Waals surface area (Å²) >= 11 is 1.64. The Hall–Kier alpha value is -4.71. The van der Waals surface area contributed by atoms with Crippen molar-refractivity contribution in [1.29, 1.82) is 0 Å². The highest BCUT2D eigenvalue weighted by atomic mass is 32.1. The monoisotopic (exact) mass is 922 g/mol. The second-order valence-electron chi connectivity index (χ2n) is 19.8. The number of alkyl halides is 1. The lowest BCUT2D eigenvalue weighted by Gasteiger charge is -2.47. The highest BCUT2D eigenvalue weighted by Crippen LogP contribution is 2.50. The molecule has 0 spiro atoms. The number of hydrogen-bond donors (Lipinski definition) is 0. The average Bonchev–Trinajstić information content (AvgIpc) is 3.86. The molecule has 65 heavy (non-hydrogen) atoms. The van der Waals surface area contributed by atoms with Crippen LogP contribution in [0.4, 0.5) is 4.39 Å². The lowest BCUT2D eigenvalue weighted by atomic mass is 9.85. The van der Waals surface area contributed by atoms with E-state index in [-0.39, 0.29) is 40.4 Å². The van der Waals surface area contributed by atoms with Crippen LogP contribution in [-0.2, 0) is 18.4 Å². The molecule has 0 radical (unpaired) electrons. The van der Waals surface area contributed by atoms with Crippen molar-refractivity contribution < 1.29 is 22.8 Å². The maximum Gasteiger partial charge on any atom is 0.305 e. The minimum absolute atomic E-state index is 0.0238. The number of thiophene rings is 1. The van der Waals surface area contributed by atoms with E-state index in [2.05, 4.69) is 187 Å². The number of carbonyl (C=O) groups is 1. The van der Waals surface area contributed by atoms with Gasteiger partial charge in [0.25, 0.3) is 16.6 Å². The molecule has 1 aliphatic rings. The Morgan fingerprint density at radius 1 is 0.738 bits per heavy atom. The SMILES string of the molecule is C=C1C[C@@H](O[Si](c2ccccc2)(c2ccccc2)C(C)(C)C)[C@@H](CC(F)C(O[Si](c2ccccc2)(c2ccccc2)C(C)(C)C)c2cc3ccccc3s2)[C@H]1CC=CCCCC(=O)OC. The summed E-state index contributed by atoms with van der Waals surface area (Å²) in [6.45, 7) is 18.4. The lowest BCUT2D eigenvalue weighted by Crippen LogP contribution is -2.68. The number of carbonyl (C=O) groups excluding carboxylic acids is 1. The van der Waals surface area contributed by atoms with Crippen LogP contribution in [0.3, 0.4) is 0 Å². The van der Waals surface area contributed by atoms with Gasteiger partial charge >= 0.3 is 5.97 Å². The number of rotatable bonds is 18. The minimum Gasteiger partial charge on any atom is -0.469 e. The van der Waals surface area contributed by atoms with E-state index in [1.807, 2.05) is 18.2 Å². The largest absolute Gasteiger partial charge is 0.469 e. The molecule has 1 fully saturated rings. The Morgan fingerprint density at radius 2 is 1.23 bits per heavy atom. The Kier molecular flexibility index (Phi) is 15.5. The first-order valence-corrected chi connectivity index (χ1v) is 27.9. The molecule has 5 aromatic carbocycles. The first kappa shape index (κ1) is 48.2. The van der Waals surface area contributed by atoms with Crippen LogP contribution in [0.1, 0.15) is 91.0 Å². The van der Waals surface area contributed by atoms with Crippen molar-refractivity contribution in [3.8, 4) is 0 Å². The molecule has 7 rings (SSSR count). The van der Waals surface area contributed by atoms with E-state index in [4.69, 9.17) is 20.2 Å². The summed E-state index contributed by atoms with van der Waals surface area (Å²) in [7, 11) is -4.84. The number of unbranched alkanes of at least 4 members (excludes halogenated alkanes) is 1. The van der Waals surface area contributed by atoms with E-state index in [0.717, 1.165) is 37.3 Å². The molecule has 1 aliphatic carbocycles. The van der Waals surface area contributed by atoms with Crippen LogP contribution in [-0.4, -0.2) is 42.0 Å². The van der Waals surface area contributed by atoms with Crippen LogP contribution in [0, 0.1) is 11.8 Å². The molecule has 340 valence electrons. The minimum atomic E-state index is -3.23. The third-order valence-corrected chi connectivity index (χ3v) is 24.8. The molecule has 6 aromatic rings. The van der Waals surface area contributed by atoms with Gasteiger partial charge in [0.1, 0.15) is 12.3 Å². The Labute approximate surface area is 393 Å². The molecule has 2 unspecified atom stereocenters. The van der Waals surface area contributed by atoms with Crippen molar-refractivity contribution in [3.63, 3.8) is 0 Å². The van der Waals surface area contributed by atoms with Gasteiger partial charge < -0.3 is 13.6 Å². The molecular weight excluding hydrogens is 856 g/mol. The Bertz CT molecular complexity index is 2380. The van der Waals surface area contributed by atoms with Gasteiger partial charge in [-0.3, -0.25) is 4.79 Å². The van der Waals surface area contributed by atoms with Crippen molar-refractivity contribution in [2.24, 2.45) is 11.8 Å². The van der Waals surface area contributed by atoms with Crippen LogP contribution < -0.4 is 20.7 Å². The van der Waals surface area contributed by atoms with E-state index < -0.39 is 28.9 Å². The van der Waals surface area contributed by atoms with Gasteiger partial charge in [-0.15, -0.1) is 11.3 Å². The maximum atomic E-state index is 18.8. The Morgan fingerprint density at radius 3 is 1.72 bits per heavy atom. The summed E-state index contributed by atoms with van der Waals surface area (Å²) in [6.07, 6.45) is 5.28. The smallest absolute Gasteiger partial charge is 0.305 e. The summed E-state index contributed by atoms with van der Waals surface area (Å²) in [4.78, 5) is 12.8. The van der Waals surface area contributed by atoms with Crippen LogP contribution >= 0.6 is 11.3 Å². The van der Waals surface area contributed by atoms with E-state index in [0.29, 0.717) is 25.7 Å². The predicted molar refractivity (Wildman–Crippen MR) is 276 cm³/mol. The third kappa shape index (κ3) is 10.3. The summed E-state index contributed by atoms with van der Waals surface area (Å²) < 4.78 is 40.7. The van der Waals surface area contributed by atoms with Gasteiger partial charge in [0, 0.05) is 16.0 Å². The van der Waals surface area contributed by atoms with Gasteiger partial charge in [0.2, 0.25) is 0 Å². The third-order valence-electron chi connectivity index (χ3n) is 13.5. The standard InChI is InChI=1S/C57H67FO4SSi2/c1-42-39-51(61-64(56(2,3)4,44-28-15-11-16-29-44)45-30-17-12-18-31-45)49(48(42)36-23-9-10-24-38-54(59)60-8)41-50(58)55(53-40-43-27-25-26-37-52(43)63-53)62-65(57(5,6)7,46-32-19-13-20-33-46)47-34-21-14-22-35-47/h9,11-23,25-35,37,40,48-51,55H,1,10,24,36,38-39,41H2,2-8H3/t48-,49-,50?,51+,55?/m0/s1. The predicted octanol–water partition coefficient (Wildman–Crippen LogP) is 12.7. The number of fused-ring (bicyclic) bond motifs is 1. The summed E-state index contributed by atoms with van der Waals surface area (Å²) in [5.41, 5.74) is 1.09. The van der Waals surface area contributed by atoms with E-state index in [1.54, 1.807) is 11.3 Å². The van der Waals surface area contributed by atoms with E-state index >= 15 is 4.39 Å². The first-order chi connectivity index (χ1) is 31.2. The van der Waals surface area contributed by atoms with Gasteiger partial charge in [0.15, 0.2) is 0 Å². The molecule has 8 heteroatoms. The van der Waals surface area contributed by atoms with Crippen molar-refractivity contribution in [2.45, 2.75) is 109 Å². The zero-order valence-corrected chi connectivity index (χ0v) is 42.2. The van der Waals surface area contributed by atoms with Gasteiger partial charge in [-0.1, -0.05) is 205 Å². The van der Waals surface area contributed by atoms with Gasteiger partial charge in [-0.25, -0.2) is 4.39 Å². The molecule has 1 heterocycles. The van der Waals surface area contributed by atoms with Crippen molar-refractivity contribution in [1.82, 2.24) is 0 Å². The zero-order valence-electron chi connectivity index (χ0n) is 39.3. The molecular formula is C57H67FO4SSi2. The van der Waals surface area contributed by atoms with Crippen LogP contribution in [0.5, 0.6) is 0 Å². The summed E-state index contributed by atoms with van der Waals surface area (Å²) in [5, 5.41) is 5.11. The number of halogens is 1. The van der Waals surface area contributed by atoms with Crippen molar-refractivity contribution >= 4 is 64.8 Å². The molecule has 1 saturated carbocycles. The highest BCUT2D eigenvalue weighted by Gasteiger charge is 2.56. The quantitative estimate of drug-likeness (QED) is 0.0373. The number of methoxy groups -OCH3 is 1. The van der Waals surface area contributed by atoms with Crippen molar-refractivity contribution in [2.75, 3.05) is 7.11 Å². The Balaban J connectivity index is 1.35. The lowest BCUT2D eigenvalue weighted by molar-refractivity contribution is -0.140. The fourth-order valence-electron chi connectivity index (χ4n) is 10.4. The second-order valence-corrected chi connectivity index (χ2v) is 29.4. The van der Waals surface area contributed by atoms with Crippen LogP contribution in [0.25, 0.3) is 10.1 Å². The second kappa shape index (κ2) is 20.9. The summed E-state index contributed by atoms with van der Waals surface area (Å²) in [6, 6.07) is 53.2. The van der Waals surface area contributed by atoms with Crippen LogP contribution in [0.15, 0.2) is 176 Å².